The molecule has 0 saturated heterocycles. The smallest absolute Gasteiger partial charge is 0.387 e. The van der Waals surface area contributed by atoms with E-state index in [9.17, 15) is 13.6 Å². The maximum atomic E-state index is 12.3. The van der Waals surface area contributed by atoms with E-state index >= 15 is 0 Å². The molecule has 3 N–H and O–H groups in total. The lowest BCUT2D eigenvalue weighted by Crippen LogP contribution is -2.30. The molecule has 2 rings (SSSR count). The molecule has 0 radical (unpaired) electrons. The van der Waals surface area contributed by atoms with E-state index in [0.717, 1.165) is 0 Å². The number of carbonyl (C=O) groups is 1. The Morgan fingerprint density at radius 1 is 1.39 bits per heavy atom. The van der Waals surface area contributed by atoms with E-state index in [1.807, 2.05) is 0 Å². The summed E-state index contributed by atoms with van der Waals surface area (Å²) in [5.74, 6) is -0.275. The predicted octanol–water partition coefficient (Wildman–Crippen LogP) is 2.05. The Kier molecular flexibility index (Phi) is 7.43. The van der Waals surface area contributed by atoms with Crippen molar-refractivity contribution in [2.75, 3.05) is 20.1 Å². The van der Waals surface area contributed by atoms with Crippen LogP contribution < -0.4 is 15.4 Å². The van der Waals surface area contributed by atoms with Crippen LogP contribution in [-0.2, 0) is 0 Å². The fourth-order valence-electron chi connectivity index (χ4n) is 1.90. The minimum atomic E-state index is -2.90. The first-order valence-corrected chi connectivity index (χ1v) is 6.63. The molecule has 9 heteroatoms. The average Bonchev–Trinajstić information content (AvgIpc) is 2.96. The summed E-state index contributed by atoms with van der Waals surface area (Å²) >= 11 is 0. The van der Waals surface area contributed by atoms with E-state index in [2.05, 4.69) is 25.6 Å². The van der Waals surface area contributed by atoms with Crippen molar-refractivity contribution in [2.24, 2.45) is 0 Å². The lowest BCUT2D eigenvalue weighted by Gasteiger charge is -2.08. The molecule has 0 spiro atoms. The Bertz CT molecular complexity index is 637. The number of benzene rings is 1. The molecule has 0 bridgehead atoms. The van der Waals surface area contributed by atoms with Crippen LogP contribution in [0.2, 0.25) is 0 Å². The molecule has 6 nitrogen and oxygen atoms in total. The molecular weight excluding hydrogens is 330 g/mol. The van der Waals surface area contributed by atoms with Crippen LogP contribution in [-0.4, -0.2) is 42.9 Å². The van der Waals surface area contributed by atoms with Gasteiger partial charge in [0.15, 0.2) is 0 Å². The normalized spacial score (nSPS) is 10.3. The Labute approximate surface area is 138 Å². The van der Waals surface area contributed by atoms with Gasteiger partial charge in [0, 0.05) is 18.7 Å². The first-order valence-electron chi connectivity index (χ1n) is 6.63. The molecule has 2 aromatic rings. The number of nitrogens with zero attached hydrogens (tertiary/aromatic N) is 1. The Hall–Kier alpha value is -2.19. The molecule has 23 heavy (non-hydrogen) atoms. The molecule has 0 atom stereocenters. The second-order valence-electron chi connectivity index (χ2n) is 4.42. The molecule has 0 aliphatic rings. The monoisotopic (exact) mass is 346 g/mol. The van der Waals surface area contributed by atoms with Crippen molar-refractivity contribution >= 4 is 18.3 Å². The van der Waals surface area contributed by atoms with Gasteiger partial charge in [0.2, 0.25) is 0 Å². The van der Waals surface area contributed by atoms with Crippen LogP contribution in [0.1, 0.15) is 10.4 Å². The SMILES string of the molecule is CNCCNC(=O)c1cn[nH]c1-c1cccc(OC(F)F)c1.Cl. The van der Waals surface area contributed by atoms with Crippen molar-refractivity contribution in [1.82, 2.24) is 20.8 Å². The molecule has 0 fully saturated rings. The number of hydrogen-bond acceptors (Lipinski definition) is 4. The highest BCUT2D eigenvalue weighted by molar-refractivity contribution is 5.99. The minimum Gasteiger partial charge on any atom is -0.435 e. The molecule has 1 aromatic carbocycles. The maximum Gasteiger partial charge on any atom is 0.387 e. The summed E-state index contributed by atoms with van der Waals surface area (Å²) in [5.41, 5.74) is 1.32. The number of hydrogen-bond donors (Lipinski definition) is 3. The van der Waals surface area contributed by atoms with Crippen LogP contribution in [0.5, 0.6) is 5.75 Å². The van der Waals surface area contributed by atoms with Crippen LogP contribution >= 0.6 is 12.4 Å². The van der Waals surface area contributed by atoms with Gasteiger partial charge in [-0.3, -0.25) is 9.89 Å². The summed E-state index contributed by atoms with van der Waals surface area (Å²) in [4.78, 5) is 12.1. The quantitative estimate of drug-likeness (QED) is 0.670. The third-order valence-corrected chi connectivity index (χ3v) is 2.89. The number of ether oxygens (including phenoxy) is 1. The van der Waals surface area contributed by atoms with Gasteiger partial charge >= 0.3 is 6.61 Å². The standard InChI is InChI=1S/C14H16F2N4O2.ClH/c1-17-5-6-18-13(21)11-8-19-20-12(11)9-3-2-4-10(7-9)22-14(15)16;/h2-4,7-8,14,17H,5-6H2,1H3,(H,18,21)(H,19,20);1H. The summed E-state index contributed by atoms with van der Waals surface area (Å²) in [6.45, 7) is -1.80. The third-order valence-electron chi connectivity index (χ3n) is 2.89. The minimum absolute atomic E-state index is 0. The molecule has 0 unspecified atom stereocenters. The van der Waals surface area contributed by atoms with Crippen LogP contribution in [0.3, 0.4) is 0 Å². The highest BCUT2D eigenvalue weighted by Crippen LogP contribution is 2.25. The summed E-state index contributed by atoms with van der Waals surface area (Å²) in [5, 5.41) is 12.2. The van der Waals surface area contributed by atoms with E-state index < -0.39 is 6.61 Å². The van der Waals surface area contributed by atoms with E-state index in [1.54, 1.807) is 19.2 Å². The molecule has 1 aromatic heterocycles. The predicted molar refractivity (Wildman–Crippen MR) is 84.2 cm³/mol. The first-order chi connectivity index (χ1) is 10.6. The lowest BCUT2D eigenvalue weighted by molar-refractivity contribution is -0.0498. The fraction of sp³-hybridized carbons (Fsp3) is 0.286. The Morgan fingerprint density at radius 2 is 2.17 bits per heavy atom. The maximum absolute atomic E-state index is 12.3. The van der Waals surface area contributed by atoms with Gasteiger partial charge in [-0.25, -0.2) is 0 Å². The van der Waals surface area contributed by atoms with E-state index in [4.69, 9.17) is 0 Å². The van der Waals surface area contributed by atoms with Gasteiger partial charge in [0.25, 0.3) is 5.91 Å². The number of H-pyrrole nitrogens is 1. The summed E-state index contributed by atoms with van der Waals surface area (Å²) in [6, 6.07) is 6.08. The topological polar surface area (TPSA) is 79.0 Å². The number of carbonyl (C=O) groups excluding carboxylic acids is 1. The highest BCUT2D eigenvalue weighted by Gasteiger charge is 2.15. The molecule has 0 aliphatic heterocycles. The summed E-state index contributed by atoms with van der Waals surface area (Å²) in [7, 11) is 1.78. The zero-order valence-corrected chi connectivity index (χ0v) is 13.1. The van der Waals surface area contributed by atoms with Crippen molar-refractivity contribution in [3.05, 3.63) is 36.0 Å². The summed E-state index contributed by atoms with van der Waals surface area (Å²) < 4.78 is 28.9. The number of alkyl halides is 2. The zero-order chi connectivity index (χ0) is 15.9. The van der Waals surface area contributed by atoms with Crippen LogP contribution in [0, 0.1) is 0 Å². The van der Waals surface area contributed by atoms with Crippen LogP contribution in [0.25, 0.3) is 11.3 Å². The van der Waals surface area contributed by atoms with Crippen LogP contribution in [0.4, 0.5) is 8.78 Å². The first kappa shape index (κ1) is 18.9. The Morgan fingerprint density at radius 3 is 2.87 bits per heavy atom. The number of nitrogens with one attached hydrogen (secondary N) is 3. The van der Waals surface area contributed by atoms with Crippen molar-refractivity contribution in [3.8, 4) is 17.0 Å². The van der Waals surface area contributed by atoms with Gasteiger partial charge in [-0.15, -0.1) is 12.4 Å². The molecule has 126 valence electrons. The van der Waals surface area contributed by atoms with Gasteiger partial charge < -0.3 is 15.4 Å². The largest absolute Gasteiger partial charge is 0.435 e. The second-order valence-corrected chi connectivity index (χ2v) is 4.42. The van der Waals surface area contributed by atoms with E-state index in [0.29, 0.717) is 29.9 Å². The molecule has 1 amide bonds. The van der Waals surface area contributed by atoms with Gasteiger partial charge in [0.05, 0.1) is 17.5 Å². The highest BCUT2D eigenvalue weighted by atomic mass is 35.5. The molecule has 1 heterocycles. The summed E-state index contributed by atoms with van der Waals surface area (Å²) in [6.07, 6.45) is 1.39. The number of aromatic nitrogens is 2. The average molecular weight is 347 g/mol. The zero-order valence-electron chi connectivity index (χ0n) is 12.3. The lowest BCUT2D eigenvalue weighted by atomic mass is 10.1. The van der Waals surface area contributed by atoms with Crippen LogP contribution in [0.15, 0.2) is 30.5 Å². The fourth-order valence-corrected chi connectivity index (χ4v) is 1.90. The van der Waals surface area contributed by atoms with Gasteiger partial charge in [-0.05, 0) is 19.2 Å². The van der Waals surface area contributed by atoms with Gasteiger partial charge in [0.1, 0.15) is 5.75 Å². The molecule has 0 aliphatic carbocycles. The van der Waals surface area contributed by atoms with E-state index in [-0.39, 0.29) is 24.1 Å². The van der Waals surface area contributed by atoms with Gasteiger partial charge in [-0.2, -0.15) is 13.9 Å². The molecule has 0 saturated carbocycles. The number of amides is 1. The van der Waals surface area contributed by atoms with E-state index in [1.165, 1.54) is 18.3 Å². The van der Waals surface area contributed by atoms with Gasteiger partial charge in [-0.1, -0.05) is 12.1 Å². The molecular formula is C14H17ClF2N4O2. The van der Waals surface area contributed by atoms with Crippen molar-refractivity contribution in [1.29, 1.82) is 0 Å². The second kappa shape index (κ2) is 9.06. The number of rotatable bonds is 7. The van der Waals surface area contributed by atoms with Crippen molar-refractivity contribution in [3.63, 3.8) is 0 Å². The number of aromatic amines is 1. The Balaban J connectivity index is 0.00000264. The number of halogens is 3. The van der Waals surface area contributed by atoms with Crippen molar-refractivity contribution < 1.29 is 18.3 Å². The number of likely N-dealkylation sites (N-methyl/N-ethyl adjacent to an activating group) is 1. The third kappa shape index (κ3) is 5.19. The van der Waals surface area contributed by atoms with Crippen molar-refractivity contribution in [2.45, 2.75) is 6.61 Å².